The summed E-state index contributed by atoms with van der Waals surface area (Å²) in [6, 6.07) is 0. The van der Waals surface area contributed by atoms with Crippen LogP contribution in [0.2, 0.25) is 0 Å². The standard InChI is InChI=1S/C6H14N2O.ClH/c1-7-5-4-6(9)8(2)3;/h7H,4-5H2,1-3H3;1H. The van der Waals surface area contributed by atoms with Crippen molar-refractivity contribution in [1.82, 2.24) is 10.2 Å². The van der Waals surface area contributed by atoms with Crippen molar-refractivity contribution >= 4 is 18.3 Å². The van der Waals surface area contributed by atoms with Crippen molar-refractivity contribution in [2.75, 3.05) is 27.7 Å². The molecule has 0 atom stereocenters. The quantitative estimate of drug-likeness (QED) is 0.646. The van der Waals surface area contributed by atoms with Crippen molar-refractivity contribution in [3.63, 3.8) is 0 Å². The number of nitrogens with one attached hydrogen (secondary N) is 1. The summed E-state index contributed by atoms with van der Waals surface area (Å²) in [5, 5.41) is 2.91. The van der Waals surface area contributed by atoms with E-state index in [-0.39, 0.29) is 18.3 Å². The number of nitrogens with zero attached hydrogens (tertiary/aromatic N) is 1. The van der Waals surface area contributed by atoms with Gasteiger partial charge in [-0.15, -0.1) is 12.4 Å². The summed E-state index contributed by atoms with van der Waals surface area (Å²) in [4.78, 5) is 12.4. The summed E-state index contributed by atoms with van der Waals surface area (Å²) in [6.45, 7) is 0.761. The van der Waals surface area contributed by atoms with Crippen LogP contribution in [0, 0.1) is 0 Å². The maximum Gasteiger partial charge on any atom is 0.223 e. The highest BCUT2D eigenvalue weighted by atomic mass is 35.5. The second-order valence-corrected chi connectivity index (χ2v) is 2.14. The Bertz CT molecular complexity index is 95.7. The molecular formula is C6H15ClN2O. The highest BCUT2D eigenvalue weighted by Crippen LogP contribution is 1.82. The molecule has 3 nitrogen and oxygen atoms in total. The Morgan fingerprint density at radius 3 is 2.30 bits per heavy atom. The third-order valence-corrected chi connectivity index (χ3v) is 1.09. The van der Waals surface area contributed by atoms with E-state index in [1.165, 1.54) is 0 Å². The fourth-order valence-corrected chi connectivity index (χ4v) is 0.456. The zero-order chi connectivity index (χ0) is 7.28. The highest BCUT2D eigenvalue weighted by Gasteiger charge is 2.00. The fourth-order valence-electron chi connectivity index (χ4n) is 0.456. The van der Waals surface area contributed by atoms with Gasteiger partial charge in [-0.3, -0.25) is 4.79 Å². The van der Waals surface area contributed by atoms with Gasteiger partial charge >= 0.3 is 0 Å². The molecule has 0 aliphatic rings. The summed E-state index contributed by atoms with van der Waals surface area (Å²) in [7, 11) is 5.36. The molecule has 0 aromatic carbocycles. The predicted octanol–water partition coefficient (Wildman–Crippen LogP) is 0.106. The first kappa shape index (κ1) is 12.4. The Hall–Kier alpha value is -0.280. The van der Waals surface area contributed by atoms with E-state index in [4.69, 9.17) is 0 Å². The molecule has 0 aliphatic carbocycles. The van der Waals surface area contributed by atoms with Crippen LogP contribution < -0.4 is 5.32 Å². The molecule has 0 bridgehead atoms. The minimum absolute atomic E-state index is 0. The molecule has 0 spiro atoms. The van der Waals surface area contributed by atoms with Crippen molar-refractivity contribution in [2.45, 2.75) is 6.42 Å². The van der Waals surface area contributed by atoms with Gasteiger partial charge in [-0.25, -0.2) is 0 Å². The summed E-state index contributed by atoms with van der Waals surface area (Å²) >= 11 is 0. The Labute approximate surface area is 68.2 Å². The lowest BCUT2D eigenvalue weighted by molar-refractivity contribution is -0.128. The smallest absolute Gasteiger partial charge is 0.223 e. The molecular weight excluding hydrogens is 152 g/mol. The van der Waals surface area contributed by atoms with E-state index in [1.807, 2.05) is 7.05 Å². The molecule has 0 radical (unpaired) electrons. The molecule has 62 valence electrons. The number of rotatable bonds is 3. The van der Waals surface area contributed by atoms with Crippen LogP contribution in [0.1, 0.15) is 6.42 Å². The lowest BCUT2D eigenvalue weighted by Crippen LogP contribution is -2.25. The molecule has 0 aromatic rings. The molecule has 1 N–H and O–H groups in total. The molecule has 10 heavy (non-hydrogen) atoms. The van der Waals surface area contributed by atoms with Gasteiger partial charge in [-0.2, -0.15) is 0 Å². The second kappa shape index (κ2) is 6.83. The SMILES string of the molecule is CNCCC(=O)N(C)C.Cl. The van der Waals surface area contributed by atoms with E-state index >= 15 is 0 Å². The Morgan fingerprint density at radius 1 is 1.50 bits per heavy atom. The van der Waals surface area contributed by atoms with Crippen LogP contribution >= 0.6 is 12.4 Å². The van der Waals surface area contributed by atoms with Crippen molar-refractivity contribution < 1.29 is 4.79 Å². The molecule has 0 aromatic heterocycles. The molecule has 4 heteroatoms. The summed E-state index contributed by atoms with van der Waals surface area (Å²) in [5.41, 5.74) is 0. The summed E-state index contributed by atoms with van der Waals surface area (Å²) in [5.74, 6) is 0.171. The van der Waals surface area contributed by atoms with Crippen LogP contribution in [-0.2, 0) is 4.79 Å². The van der Waals surface area contributed by atoms with Crippen LogP contribution in [0.25, 0.3) is 0 Å². The molecule has 0 aliphatic heterocycles. The Balaban J connectivity index is 0. The molecule has 0 saturated heterocycles. The third kappa shape index (κ3) is 5.85. The molecule has 0 saturated carbocycles. The van der Waals surface area contributed by atoms with E-state index in [2.05, 4.69) is 5.32 Å². The molecule has 0 heterocycles. The Kier molecular flexibility index (Phi) is 8.48. The van der Waals surface area contributed by atoms with Gasteiger partial charge in [0, 0.05) is 27.1 Å². The van der Waals surface area contributed by atoms with Crippen molar-refractivity contribution in [2.24, 2.45) is 0 Å². The van der Waals surface area contributed by atoms with Crippen LogP contribution in [0.4, 0.5) is 0 Å². The second-order valence-electron chi connectivity index (χ2n) is 2.14. The minimum Gasteiger partial charge on any atom is -0.349 e. The third-order valence-electron chi connectivity index (χ3n) is 1.09. The van der Waals surface area contributed by atoms with E-state index in [0.717, 1.165) is 6.54 Å². The van der Waals surface area contributed by atoms with Gasteiger partial charge in [0.05, 0.1) is 0 Å². The molecule has 0 fully saturated rings. The first-order chi connectivity index (χ1) is 4.18. The van der Waals surface area contributed by atoms with Gasteiger partial charge in [-0.1, -0.05) is 0 Å². The van der Waals surface area contributed by atoms with Crippen LogP contribution in [0.15, 0.2) is 0 Å². The van der Waals surface area contributed by atoms with Crippen LogP contribution in [0.3, 0.4) is 0 Å². The first-order valence-electron chi connectivity index (χ1n) is 3.03. The average molecular weight is 167 g/mol. The number of hydrogen-bond acceptors (Lipinski definition) is 2. The zero-order valence-electron chi connectivity index (χ0n) is 6.68. The van der Waals surface area contributed by atoms with E-state index in [0.29, 0.717) is 6.42 Å². The monoisotopic (exact) mass is 166 g/mol. The van der Waals surface area contributed by atoms with Crippen molar-refractivity contribution in [3.05, 3.63) is 0 Å². The van der Waals surface area contributed by atoms with Gasteiger partial charge in [-0.05, 0) is 7.05 Å². The fraction of sp³-hybridized carbons (Fsp3) is 0.833. The van der Waals surface area contributed by atoms with Gasteiger partial charge in [0.25, 0.3) is 0 Å². The number of hydrogen-bond donors (Lipinski definition) is 1. The first-order valence-corrected chi connectivity index (χ1v) is 3.03. The van der Waals surface area contributed by atoms with Crippen LogP contribution in [0.5, 0.6) is 0 Å². The number of carbonyl (C=O) groups is 1. The summed E-state index contributed by atoms with van der Waals surface area (Å²) in [6.07, 6.45) is 0.587. The number of halogens is 1. The van der Waals surface area contributed by atoms with E-state index < -0.39 is 0 Å². The zero-order valence-corrected chi connectivity index (χ0v) is 7.49. The van der Waals surface area contributed by atoms with Crippen LogP contribution in [-0.4, -0.2) is 38.5 Å². The van der Waals surface area contributed by atoms with Crippen molar-refractivity contribution in [1.29, 1.82) is 0 Å². The normalized spacial score (nSPS) is 8.30. The maximum atomic E-state index is 10.8. The summed E-state index contributed by atoms with van der Waals surface area (Å²) < 4.78 is 0. The topological polar surface area (TPSA) is 32.3 Å². The van der Waals surface area contributed by atoms with E-state index in [9.17, 15) is 4.79 Å². The predicted molar refractivity (Wildman–Crippen MR) is 44.5 cm³/mol. The lowest BCUT2D eigenvalue weighted by atomic mass is 10.4. The Morgan fingerprint density at radius 2 is 2.00 bits per heavy atom. The molecule has 0 unspecified atom stereocenters. The largest absolute Gasteiger partial charge is 0.349 e. The lowest BCUT2D eigenvalue weighted by Gasteiger charge is -2.08. The van der Waals surface area contributed by atoms with Gasteiger partial charge in [0.1, 0.15) is 0 Å². The van der Waals surface area contributed by atoms with Crippen molar-refractivity contribution in [3.8, 4) is 0 Å². The molecule has 1 amide bonds. The average Bonchev–Trinajstić information content (AvgIpc) is 1.82. The van der Waals surface area contributed by atoms with Gasteiger partial charge < -0.3 is 10.2 Å². The van der Waals surface area contributed by atoms with Gasteiger partial charge in [0.15, 0.2) is 0 Å². The molecule has 0 rings (SSSR count). The van der Waals surface area contributed by atoms with Gasteiger partial charge in [0.2, 0.25) is 5.91 Å². The van der Waals surface area contributed by atoms with E-state index in [1.54, 1.807) is 19.0 Å². The maximum absolute atomic E-state index is 10.8. The number of amides is 1. The number of carbonyl (C=O) groups excluding carboxylic acids is 1. The highest BCUT2D eigenvalue weighted by molar-refractivity contribution is 5.85. The minimum atomic E-state index is 0.